The maximum atomic E-state index is 12.5. The van der Waals surface area contributed by atoms with Crippen LogP contribution < -0.4 is 10.0 Å². The largest absolute Gasteiger partial charge is 0.346 e. The topological polar surface area (TPSA) is 75.3 Å². The number of sulfonamides is 1. The Bertz CT molecular complexity index is 943. The van der Waals surface area contributed by atoms with Crippen LogP contribution in [0.15, 0.2) is 47.4 Å². The van der Waals surface area contributed by atoms with E-state index >= 15 is 0 Å². The molecule has 1 aliphatic carbocycles. The molecule has 0 heterocycles. The van der Waals surface area contributed by atoms with E-state index in [-0.39, 0.29) is 28.4 Å². The van der Waals surface area contributed by atoms with Crippen LogP contribution in [0.1, 0.15) is 41.7 Å². The van der Waals surface area contributed by atoms with Crippen molar-refractivity contribution in [1.29, 1.82) is 0 Å². The van der Waals surface area contributed by atoms with E-state index in [9.17, 15) is 13.2 Å². The smallest absolute Gasteiger partial charge is 0.251 e. The summed E-state index contributed by atoms with van der Waals surface area (Å²) in [5.74, 6) is -0.368. The molecular weight excluding hydrogens is 395 g/mol. The summed E-state index contributed by atoms with van der Waals surface area (Å²) >= 11 is 11.9. The van der Waals surface area contributed by atoms with Gasteiger partial charge in [0.05, 0.1) is 21.0 Å². The predicted octanol–water partition coefficient (Wildman–Crippen LogP) is 3.93. The lowest BCUT2D eigenvalue weighted by atomic mass is 10.1. The van der Waals surface area contributed by atoms with E-state index in [0.717, 1.165) is 18.4 Å². The third kappa shape index (κ3) is 4.57. The summed E-state index contributed by atoms with van der Waals surface area (Å²) in [6, 6.07) is 10.8. The summed E-state index contributed by atoms with van der Waals surface area (Å²) in [6.45, 7) is 1.81. The number of hydrogen-bond donors (Lipinski definition) is 2. The Labute approximate surface area is 162 Å². The second-order valence-electron chi connectivity index (χ2n) is 6.29. The van der Waals surface area contributed by atoms with Crippen LogP contribution in [0.2, 0.25) is 10.0 Å². The van der Waals surface area contributed by atoms with Gasteiger partial charge in [0.1, 0.15) is 0 Å². The highest BCUT2D eigenvalue weighted by Crippen LogP contribution is 2.26. The molecule has 0 bridgehead atoms. The molecule has 8 heteroatoms. The highest BCUT2D eigenvalue weighted by atomic mass is 35.5. The van der Waals surface area contributed by atoms with Crippen LogP contribution in [0.25, 0.3) is 0 Å². The number of rotatable bonds is 6. The zero-order chi connectivity index (χ0) is 18.9. The molecule has 1 atom stereocenters. The molecule has 3 rings (SSSR count). The average molecular weight is 413 g/mol. The summed E-state index contributed by atoms with van der Waals surface area (Å²) < 4.78 is 27.2. The van der Waals surface area contributed by atoms with Gasteiger partial charge in [0, 0.05) is 11.6 Å². The molecule has 2 N–H and O–H groups in total. The summed E-state index contributed by atoms with van der Waals surface area (Å²) in [7, 11) is -3.61. The normalized spacial score (nSPS) is 15.5. The fourth-order valence-corrected chi connectivity index (χ4v) is 4.10. The number of benzene rings is 2. The van der Waals surface area contributed by atoms with Crippen LogP contribution in [0.3, 0.4) is 0 Å². The van der Waals surface area contributed by atoms with E-state index < -0.39 is 10.0 Å². The molecule has 0 saturated heterocycles. The first-order chi connectivity index (χ1) is 12.3. The zero-order valence-electron chi connectivity index (χ0n) is 14.0. The van der Waals surface area contributed by atoms with Crippen molar-refractivity contribution in [3.8, 4) is 0 Å². The lowest BCUT2D eigenvalue weighted by molar-refractivity contribution is 0.0939. The number of nitrogens with one attached hydrogen (secondary N) is 2. The van der Waals surface area contributed by atoms with Crippen LogP contribution in [0, 0.1) is 0 Å². The van der Waals surface area contributed by atoms with E-state index in [1.807, 2.05) is 6.92 Å². The maximum Gasteiger partial charge on any atom is 0.251 e. The van der Waals surface area contributed by atoms with E-state index in [1.165, 1.54) is 12.1 Å². The summed E-state index contributed by atoms with van der Waals surface area (Å²) in [5.41, 5.74) is 1.07. The van der Waals surface area contributed by atoms with Crippen molar-refractivity contribution in [3.05, 3.63) is 63.6 Å². The molecule has 1 fully saturated rings. The van der Waals surface area contributed by atoms with Crippen LogP contribution in [0.4, 0.5) is 0 Å². The first kappa shape index (κ1) is 19.2. The van der Waals surface area contributed by atoms with Gasteiger partial charge in [-0.3, -0.25) is 4.79 Å². The minimum absolute atomic E-state index is 0.00663. The van der Waals surface area contributed by atoms with E-state index in [4.69, 9.17) is 23.2 Å². The number of amides is 1. The molecule has 1 aliphatic rings. The molecule has 0 spiro atoms. The van der Waals surface area contributed by atoms with Gasteiger partial charge in [-0.15, -0.1) is 0 Å². The van der Waals surface area contributed by atoms with Gasteiger partial charge in [-0.1, -0.05) is 35.3 Å². The number of hydrogen-bond acceptors (Lipinski definition) is 3. The Hall–Kier alpha value is -1.60. The Balaban J connectivity index is 1.75. The molecule has 26 heavy (non-hydrogen) atoms. The average Bonchev–Trinajstić information content (AvgIpc) is 3.40. The summed E-state index contributed by atoms with van der Waals surface area (Å²) in [4.78, 5) is 12.6. The van der Waals surface area contributed by atoms with Gasteiger partial charge >= 0.3 is 0 Å². The lowest BCUT2D eigenvalue weighted by Crippen LogP contribution is -2.28. The quantitative estimate of drug-likeness (QED) is 0.754. The molecule has 2 aromatic carbocycles. The lowest BCUT2D eigenvalue weighted by Gasteiger charge is -2.15. The van der Waals surface area contributed by atoms with Gasteiger partial charge in [-0.05, 0) is 55.7 Å². The van der Waals surface area contributed by atoms with Crippen molar-refractivity contribution in [1.82, 2.24) is 10.0 Å². The molecule has 0 unspecified atom stereocenters. The number of carbonyl (C=O) groups excluding carboxylic acids is 1. The highest BCUT2D eigenvalue weighted by molar-refractivity contribution is 7.89. The van der Waals surface area contributed by atoms with Crippen molar-refractivity contribution < 1.29 is 13.2 Å². The fourth-order valence-electron chi connectivity index (χ4n) is 2.44. The van der Waals surface area contributed by atoms with Crippen molar-refractivity contribution in [2.75, 3.05) is 0 Å². The highest BCUT2D eigenvalue weighted by Gasteiger charge is 2.28. The van der Waals surface area contributed by atoms with Crippen LogP contribution in [0.5, 0.6) is 0 Å². The van der Waals surface area contributed by atoms with Gasteiger partial charge in [0.2, 0.25) is 10.0 Å². The first-order valence-electron chi connectivity index (χ1n) is 8.14. The second kappa shape index (κ2) is 7.56. The maximum absolute atomic E-state index is 12.5. The number of halogens is 2. The summed E-state index contributed by atoms with van der Waals surface area (Å²) in [6.07, 6.45) is 1.70. The van der Waals surface area contributed by atoms with Crippen LogP contribution >= 0.6 is 23.2 Å². The predicted molar refractivity (Wildman–Crippen MR) is 102 cm³/mol. The zero-order valence-corrected chi connectivity index (χ0v) is 16.3. The minimum atomic E-state index is -3.61. The molecule has 0 aromatic heterocycles. The fraction of sp³-hybridized carbons (Fsp3) is 0.278. The van der Waals surface area contributed by atoms with Gasteiger partial charge in [-0.25, -0.2) is 13.1 Å². The Morgan fingerprint density at radius 1 is 1.12 bits per heavy atom. The SMILES string of the molecule is C[C@H](NC(=O)c1cccc(S(=O)(=O)NC2CC2)c1)c1ccc(Cl)c(Cl)c1. The second-order valence-corrected chi connectivity index (χ2v) is 8.82. The minimum Gasteiger partial charge on any atom is -0.346 e. The monoisotopic (exact) mass is 412 g/mol. The van der Waals surface area contributed by atoms with Crippen molar-refractivity contribution >= 4 is 39.1 Å². The molecule has 2 aromatic rings. The molecule has 1 amide bonds. The third-order valence-electron chi connectivity index (χ3n) is 4.10. The molecular formula is C18H18Cl2N2O3S. The number of carbonyl (C=O) groups is 1. The molecule has 1 saturated carbocycles. The standard InChI is InChI=1S/C18H18Cl2N2O3S/c1-11(12-5-8-16(19)17(20)10-12)21-18(23)13-3-2-4-15(9-13)26(24,25)22-14-6-7-14/h2-5,8-11,14,22H,6-7H2,1H3,(H,21,23)/t11-/m0/s1. The molecule has 0 aliphatic heterocycles. The van der Waals surface area contributed by atoms with E-state index in [0.29, 0.717) is 10.0 Å². The van der Waals surface area contributed by atoms with Crippen LogP contribution in [-0.2, 0) is 10.0 Å². The van der Waals surface area contributed by atoms with E-state index in [2.05, 4.69) is 10.0 Å². The molecule has 5 nitrogen and oxygen atoms in total. The Kier molecular flexibility index (Phi) is 5.58. The van der Waals surface area contributed by atoms with E-state index in [1.54, 1.807) is 30.3 Å². The Morgan fingerprint density at radius 2 is 1.85 bits per heavy atom. The van der Waals surface area contributed by atoms with Crippen molar-refractivity contribution in [3.63, 3.8) is 0 Å². The van der Waals surface area contributed by atoms with Gasteiger partial charge in [0.15, 0.2) is 0 Å². The van der Waals surface area contributed by atoms with Gasteiger partial charge in [-0.2, -0.15) is 0 Å². The first-order valence-corrected chi connectivity index (χ1v) is 10.4. The van der Waals surface area contributed by atoms with Crippen LogP contribution in [-0.4, -0.2) is 20.4 Å². The summed E-state index contributed by atoms with van der Waals surface area (Å²) in [5, 5.41) is 3.68. The third-order valence-corrected chi connectivity index (χ3v) is 6.35. The molecule has 0 radical (unpaired) electrons. The van der Waals surface area contributed by atoms with Crippen molar-refractivity contribution in [2.45, 2.75) is 36.7 Å². The van der Waals surface area contributed by atoms with Gasteiger partial charge in [0.25, 0.3) is 5.91 Å². The van der Waals surface area contributed by atoms with Gasteiger partial charge < -0.3 is 5.32 Å². The molecule has 138 valence electrons. The van der Waals surface area contributed by atoms with Crippen molar-refractivity contribution in [2.24, 2.45) is 0 Å². The Morgan fingerprint density at radius 3 is 2.50 bits per heavy atom.